The molecule has 0 aliphatic heterocycles. The van der Waals surface area contributed by atoms with E-state index in [9.17, 15) is 5.11 Å². The Morgan fingerprint density at radius 3 is 2.65 bits per heavy atom. The Hall–Kier alpha value is -3.51. The Bertz CT molecular complexity index is 1090. The second-order valence-corrected chi connectivity index (χ2v) is 6.22. The highest BCUT2D eigenvalue weighted by atomic mass is 16.3. The van der Waals surface area contributed by atoms with Gasteiger partial charge in [-0.15, -0.1) is 0 Å². The summed E-state index contributed by atoms with van der Waals surface area (Å²) >= 11 is 0. The van der Waals surface area contributed by atoms with E-state index in [1.54, 1.807) is 12.4 Å². The highest BCUT2D eigenvalue weighted by Gasteiger charge is 2.06. The summed E-state index contributed by atoms with van der Waals surface area (Å²) in [6.07, 6.45) is 4.83. The van der Waals surface area contributed by atoms with Crippen LogP contribution in [0.15, 0.2) is 73.1 Å². The predicted octanol–water partition coefficient (Wildman–Crippen LogP) is 4.45. The summed E-state index contributed by atoms with van der Waals surface area (Å²) in [7, 11) is 0. The van der Waals surface area contributed by atoms with E-state index in [4.69, 9.17) is 0 Å². The fraction of sp³-hybridized carbons (Fsp3) is 0.0870. The third kappa shape index (κ3) is 3.60. The molecule has 0 amide bonds. The fourth-order valence-corrected chi connectivity index (χ4v) is 2.99. The van der Waals surface area contributed by atoms with E-state index in [0.717, 1.165) is 27.7 Å². The van der Waals surface area contributed by atoms with Crippen LogP contribution in [0, 0.1) is 11.8 Å². The minimum Gasteiger partial charge on any atom is -0.508 e. The number of phenolic OH excluding ortho intramolecular Hbond substituents is 1. The molecule has 1 heterocycles. The summed E-state index contributed by atoms with van der Waals surface area (Å²) < 4.78 is 0. The summed E-state index contributed by atoms with van der Waals surface area (Å²) in [6, 6.07) is 20.1. The molecule has 1 aromatic heterocycles. The molecule has 3 heteroatoms. The second-order valence-electron chi connectivity index (χ2n) is 6.22. The molecular formula is C23H18N2O. The van der Waals surface area contributed by atoms with Crippen LogP contribution in [-0.2, 0) is 12.8 Å². The van der Waals surface area contributed by atoms with Gasteiger partial charge >= 0.3 is 0 Å². The molecule has 0 bridgehead atoms. The zero-order chi connectivity index (χ0) is 17.8. The molecular weight excluding hydrogens is 320 g/mol. The van der Waals surface area contributed by atoms with Crippen LogP contribution in [0.1, 0.15) is 22.5 Å². The van der Waals surface area contributed by atoms with Crippen LogP contribution in [0.4, 0.5) is 0 Å². The zero-order valence-electron chi connectivity index (χ0n) is 14.2. The number of nitrogens with one attached hydrogen (secondary N) is 1. The minimum atomic E-state index is 0.331. The van der Waals surface area contributed by atoms with E-state index >= 15 is 0 Å². The molecule has 0 spiro atoms. The molecule has 4 aromatic rings. The number of benzene rings is 3. The van der Waals surface area contributed by atoms with Crippen molar-refractivity contribution in [1.29, 1.82) is 0 Å². The van der Waals surface area contributed by atoms with Gasteiger partial charge in [0.15, 0.2) is 0 Å². The molecule has 4 rings (SSSR count). The van der Waals surface area contributed by atoms with E-state index in [1.165, 1.54) is 5.56 Å². The Balaban J connectivity index is 1.62. The third-order valence-electron chi connectivity index (χ3n) is 4.32. The van der Waals surface area contributed by atoms with E-state index in [-0.39, 0.29) is 0 Å². The number of aromatic amines is 1. The molecule has 26 heavy (non-hydrogen) atoms. The lowest BCUT2D eigenvalue weighted by molar-refractivity contribution is 0.470. The third-order valence-corrected chi connectivity index (χ3v) is 4.32. The molecule has 0 saturated heterocycles. The van der Waals surface area contributed by atoms with Gasteiger partial charge in [0.2, 0.25) is 0 Å². The fourth-order valence-electron chi connectivity index (χ4n) is 2.99. The van der Waals surface area contributed by atoms with Gasteiger partial charge in [-0.25, -0.2) is 4.98 Å². The number of hydrogen-bond acceptors (Lipinski definition) is 2. The molecule has 0 aliphatic rings. The quantitative estimate of drug-likeness (QED) is 0.542. The van der Waals surface area contributed by atoms with Crippen molar-refractivity contribution in [2.24, 2.45) is 0 Å². The summed E-state index contributed by atoms with van der Waals surface area (Å²) in [5.74, 6) is 7.53. The summed E-state index contributed by atoms with van der Waals surface area (Å²) in [4.78, 5) is 7.22. The first-order chi connectivity index (χ1) is 12.8. The average Bonchev–Trinajstić information content (AvgIpc) is 3.17. The largest absolute Gasteiger partial charge is 0.508 e. The first kappa shape index (κ1) is 16.0. The van der Waals surface area contributed by atoms with Crippen LogP contribution in [0.3, 0.4) is 0 Å². The lowest BCUT2D eigenvalue weighted by atomic mass is 9.99. The summed E-state index contributed by atoms with van der Waals surface area (Å²) in [6.45, 7) is 0. The standard InChI is InChI=1S/C23H18N2O/c26-22-16-19-10-9-18(7-4-8-23-24-11-12-25-23)13-20(19)15-21(22)14-17-5-2-1-3-6-17/h1-3,5-6,9-13,15-16,26H,8,14H2,(H,24,25). The molecule has 0 aliphatic carbocycles. The molecule has 3 nitrogen and oxygen atoms in total. The first-order valence-corrected chi connectivity index (χ1v) is 8.55. The van der Waals surface area contributed by atoms with Gasteiger partial charge in [0.1, 0.15) is 11.6 Å². The number of hydrogen-bond donors (Lipinski definition) is 2. The normalized spacial score (nSPS) is 10.5. The van der Waals surface area contributed by atoms with Crippen LogP contribution in [0.5, 0.6) is 5.75 Å². The Kier molecular flexibility index (Phi) is 4.40. The zero-order valence-corrected chi connectivity index (χ0v) is 14.2. The molecule has 0 unspecified atom stereocenters. The number of imidazole rings is 1. The number of H-pyrrole nitrogens is 1. The van der Waals surface area contributed by atoms with E-state index in [0.29, 0.717) is 18.6 Å². The predicted molar refractivity (Wildman–Crippen MR) is 104 cm³/mol. The topological polar surface area (TPSA) is 48.9 Å². The van der Waals surface area contributed by atoms with Crippen molar-refractivity contribution >= 4 is 10.8 Å². The first-order valence-electron chi connectivity index (χ1n) is 8.55. The van der Waals surface area contributed by atoms with Gasteiger partial charge in [-0.2, -0.15) is 0 Å². The Labute approximate surface area is 152 Å². The Morgan fingerprint density at radius 1 is 0.962 bits per heavy atom. The van der Waals surface area contributed by atoms with Crippen LogP contribution in [0.25, 0.3) is 10.8 Å². The number of rotatable bonds is 3. The van der Waals surface area contributed by atoms with Crippen molar-refractivity contribution in [3.05, 3.63) is 95.6 Å². The second kappa shape index (κ2) is 7.16. The molecule has 3 aromatic carbocycles. The van der Waals surface area contributed by atoms with Gasteiger partial charge in [-0.05, 0) is 46.2 Å². The SMILES string of the molecule is Oc1cc2ccc(C#CCc3ncc[nH]3)cc2cc1Cc1ccccc1. The maximum absolute atomic E-state index is 10.3. The summed E-state index contributed by atoms with van der Waals surface area (Å²) in [5, 5.41) is 12.4. The number of phenols is 1. The molecule has 126 valence electrons. The maximum Gasteiger partial charge on any atom is 0.119 e. The number of aromatic nitrogens is 2. The van der Waals surface area contributed by atoms with Gasteiger partial charge in [-0.3, -0.25) is 0 Å². The lowest BCUT2D eigenvalue weighted by Gasteiger charge is -2.08. The number of aromatic hydroxyl groups is 1. The number of fused-ring (bicyclic) bond motifs is 1. The van der Waals surface area contributed by atoms with Gasteiger partial charge in [0.05, 0.1) is 6.42 Å². The van der Waals surface area contributed by atoms with Crippen molar-refractivity contribution in [2.75, 3.05) is 0 Å². The van der Waals surface area contributed by atoms with Crippen molar-refractivity contribution < 1.29 is 5.11 Å². The minimum absolute atomic E-state index is 0.331. The molecule has 2 N–H and O–H groups in total. The van der Waals surface area contributed by atoms with Gasteiger partial charge in [0.25, 0.3) is 0 Å². The molecule has 0 radical (unpaired) electrons. The van der Waals surface area contributed by atoms with Crippen molar-refractivity contribution in [1.82, 2.24) is 9.97 Å². The van der Waals surface area contributed by atoms with Crippen molar-refractivity contribution in [3.8, 4) is 17.6 Å². The maximum atomic E-state index is 10.3. The van der Waals surface area contributed by atoms with E-state index < -0.39 is 0 Å². The van der Waals surface area contributed by atoms with Gasteiger partial charge in [0, 0.05) is 24.4 Å². The van der Waals surface area contributed by atoms with Crippen LogP contribution >= 0.6 is 0 Å². The van der Waals surface area contributed by atoms with Gasteiger partial charge < -0.3 is 10.1 Å². The van der Waals surface area contributed by atoms with Gasteiger partial charge in [-0.1, -0.05) is 48.2 Å². The molecule has 0 atom stereocenters. The Morgan fingerprint density at radius 2 is 1.85 bits per heavy atom. The molecule has 0 fully saturated rings. The van der Waals surface area contributed by atoms with Crippen LogP contribution in [0.2, 0.25) is 0 Å². The van der Waals surface area contributed by atoms with Crippen LogP contribution < -0.4 is 0 Å². The van der Waals surface area contributed by atoms with Crippen molar-refractivity contribution in [3.63, 3.8) is 0 Å². The number of nitrogens with zero attached hydrogens (tertiary/aromatic N) is 1. The highest BCUT2D eigenvalue weighted by molar-refractivity contribution is 5.86. The van der Waals surface area contributed by atoms with Crippen LogP contribution in [-0.4, -0.2) is 15.1 Å². The lowest BCUT2D eigenvalue weighted by Crippen LogP contribution is -1.90. The average molecular weight is 338 g/mol. The summed E-state index contributed by atoms with van der Waals surface area (Å²) in [5.41, 5.74) is 3.06. The van der Waals surface area contributed by atoms with Crippen molar-refractivity contribution in [2.45, 2.75) is 12.8 Å². The van der Waals surface area contributed by atoms with E-state index in [2.05, 4.69) is 46.1 Å². The van der Waals surface area contributed by atoms with E-state index in [1.807, 2.05) is 36.4 Å². The smallest absolute Gasteiger partial charge is 0.119 e. The molecule has 0 saturated carbocycles. The highest BCUT2D eigenvalue weighted by Crippen LogP contribution is 2.27. The monoisotopic (exact) mass is 338 g/mol.